The molecule has 0 saturated heterocycles. The van der Waals surface area contributed by atoms with E-state index in [2.05, 4.69) is 48.5 Å². The van der Waals surface area contributed by atoms with Crippen molar-refractivity contribution >= 4 is 45.5 Å². The van der Waals surface area contributed by atoms with E-state index in [0.717, 1.165) is 0 Å². The first kappa shape index (κ1) is 13.0. The van der Waals surface area contributed by atoms with Crippen LogP contribution in [0, 0.1) is 0 Å². The van der Waals surface area contributed by atoms with Gasteiger partial charge in [-0.25, -0.2) is 0 Å². The Hall–Kier alpha value is -0.0613. The minimum Gasteiger partial charge on any atom is -0.0622 e. The summed E-state index contributed by atoms with van der Waals surface area (Å²) < 4.78 is 0. The molecule has 76 valence electrons. The smallest absolute Gasteiger partial charge is 0.0186 e. The summed E-state index contributed by atoms with van der Waals surface area (Å²) in [6.07, 6.45) is 0. The van der Waals surface area contributed by atoms with Crippen molar-refractivity contribution < 1.29 is 0 Å². The van der Waals surface area contributed by atoms with E-state index in [1.54, 1.807) is 21.6 Å². The molecular formula is C12H12S2Sn. The average Bonchev–Trinajstić information content (AvgIpc) is 2.29. The zero-order valence-corrected chi connectivity index (χ0v) is 14.0. The van der Waals surface area contributed by atoms with Crippen molar-refractivity contribution in [2.24, 2.45) is 0 Å². The van der Waals surface area contributed by atoms with Crippen molar-refractivity contribution in [1.82, 2.24) is 0 Å². The van der Waals surface area contributed by atoms with Gasteiger partial charge in [-0.15, -0.1) is 0 Å². The van der Waals surface area contributed by atoms with E-state index in [1.165, 1.54) is 9.79 Å². The van der Waals surface area contributed by atoms with Crippen LogP contribution in [0.5, 0.6) is 0 Å². The molecule has 2 aromatic rings. The second-order valence-corrected chi connectivity index (χ2v) is 5.07. The Kier molecular flexibility index (Phi) is 6.29. The van der Waals surface area contributed by atoms with Crippen molar-refractivity contribution in [1.29, 1.82) is 0 Å². The summed E-state index contributed by atoms with van der Waals surface area (Å²) in [5.41, 5.74) is 0. The van der Waals surface area contributed by atoms with Crippen molar-refractivity contribution in [3.8, 4) is 0 Å². The summed E-state index contributed by atoms with van der Waals surface area (Å²) in [5, 5.41) is 0. The Labute approximate surface area is 115 Å². The van der Waals surface area contributed by atoms with Crippen LogP contribution in [-0.2, 0) is 0 Å². The van der Waals surface area contributed by atoms with Gasteiger partial charge in [0, 0.05) is 9.79 Å². The molecule has 2 radical (unpaired) electrons. The Morgan fingerprint density at radius 3 is 1.20 bits per heavy atom. The summed E-state index contributed by atoms with van der Waals surface area (Å²) >= 11 is 0. The third-order valence-corrected chi connectivity index (χ3v) is 4.14. The van der Waals surface area contributed by atoms with Gasteiger partial charge in [0.05, 0.1) is 0 Å². The van der Waals surface area contributed by atoms with Crippen molar-refractivity contribution in [3.05, 3.63) is 60.7 Å². The molecule has 0 spiro atoms. The average molecular weight is 339 g/mol. The molecule has 0 saturated carbocycles. The molecule has 0 atom stereocenters. The molecule has 0 unspecified atom stereocenters. The second kappa shape index (κ2) is 7.25. The van der Waals surface area contributed by atoms with Crippen LogP contribution in [0.2, 0.25) is 0 Å². The van der Waals surface area contributed by atoms with Gasteiger partial charge in [0.25, 0.3) is 0 Å². The van der Waals surface area contributed by atoms with Crippen LogP contribution in [-0.4, -0.2) is 23.9 Å². The van der Waals surface area contributed by atoms with E-state index < -0.39 is 0 Å². The van der Waals surface area contributed by atoms with Crippen molar-refractivity contribution in [2.75, 3.05) is 0 Å². The molecule has 2 rings (SSSR count). The van der Waals surface area contributed by atoms with Gasteiger partial charge >= 0.3 is 23.9 Å². The normalized spacial score (nSPS) is 9.33. The Bertz CT molecular complexity index is 336. The molecule has 2 aromatic carbocycles. The van der Waals surface area contributed by atoms with Crippen LogP contribution in [0.15, 0.2) is 70.5 Å². The molecule has 15 heavy (non-hydrogen) atoms. The van der Waals surface area contributed by atoms with Crippen molar-refractivity contribution in [2.45, 2.75) is 9.79 Å². The number of rotatable bonds is 3. The molecule has 3 heteroatoms. The summed E-state index contributed by atoms with van der Waals surface area (Å²) in [6, 6.07) is 20.8. The van der Waals surface area contributed by atoms with E-state index in [1.807, 2.05) is 12.1 Å². The van der Waals surface area contributed by atoms with Gasteiger partial charge in [0.1, 0.15) is 0 Å². The zero-order chi connectivity index (χ0) is 9.64. The zero-order valence-electron chi connectivity index (χ0n) is 8.30. The summed E-state index contributed by atoms with van der Waals surface area (Å²) in [4.78, 5) is 2.59. The molecule has 0 aromatic heterocycles. The Morgan fingerprint density at radius 1 is 0.533 bits per heavy atom. The van der Waals surface area contributed by atoms with Gasteiger partial charge < -0.3 is 0 Å². The summed E-state index contributed by atoms with van der Waals surface area (Å²) in [7, 11) is 3.58. The number of hydrogen-bond donors (Lipinski definition) is 0. The maximum absolute atomic E-state index is 2.13. The minimum atomic E-state index is 0. The van der Waals surface area contributed by atoms with Gasteiger partial charge in [0.15, 0.2) is 0 Å². The fourth-order valence-electron chi connectivity index (χ4n) is 1.05. The molecular weight excluding hydrogens is 327 g/mol. The van der Waals surface area contributed by atoms with E-state index in [9.17, 15) is 0 Å². The van der Waals surface area contributed by atoms with E-state index in [-0.39, 0.29) is 23.9 Å². The summed E-state index contributed by atoms with van der Waals surface area (Å²) in [6.45, 7) is 0. The molecule has 0 aliphatic rings. The molecule has 0 fully saturated rings. The van der Waals surface area contributed by atoms with Crippen LogP contribution < -0.4 is 0 Å². The third kappa shape index (κ3) is 4.53. The molecule has 0 aliphatic heterocycles. The molecule has 0 bridgehead atoms. The van der Waals surface area contributed by atoms with E-state index >= 15 is 0 Å². The monoisotopic (exact) mass is 340 g/mol. The Balaban J connectivity index is 0.00000112. The second-order valence-electron chi connectivity index (χ2n) is 2.79. The molecule has 0 nitrogen and oxygen atoms in total. The summed E-state index contributed by atoms with van der Waals surface area (Å²) in [5.74, 6) is 0. The quantitative estimate of drug-likeness (QED) is 0.620. The molecule has 0 amide bonds. The van der Waals surface area contributed by atoms with Crippen LogP contribution in [0.3, 0.4) is 0 Å². The van der Waals surface area contributed by atoms with Crippen molar-refractivity contribution in [3.63, 3.8) is 0 Å². The minimum absolute atomic E-state index is 0. The SMILES string of the molecule is [SnH2].c1ccc(SSc2ccccc2)cc1. The van der Waals surface area contributed by atoms with Crippen LogP contribution in [0.4, 0.5) is 0 Å². The molecule has 0 N–H and O–H groups in total. The van der Waals surface area contributed by atoms with E-state index in [0.29, 0.717) is 0 Å². The maximum atomic E-state index is 2.13. The predicted molar refractivity (Wildman–Crippen MR) is 73.1 cm³/mol. The molecule has 0 aliphatic carbocycles. The van der Waals surface area contributed by atoms with Gasteiger partial charge in [-0.1, -0.05) is 58.0 Å². The maximum Gasteiger partial charge on any atom is 0.0186 e. The predicted octanol–water partition coefficient (Wildman–Crippen LogP) is 3.57. The fourth-order valence-corrected chi connectivity index (χ4v) is 3.02. The number of hydrogen-bond acceptors (Lipinski definition) is 2. The van der Waals surface area contributed by atoms with E-state index in [4.69, 9.17) is 0 Å². The first-order valence-electron chi connectivity index (χ1n) is 4.40. The fraction of sp³-hybridized carbons (Fsp3) is 0. The van der Waals surface area contributed by atoms with Crippen LogP contribution in [0.1, 0.15) is 0 Å². The van der Waals surface area contributed by atoms with Gasteiger partial charge in [-0.05, 0) is 24.3 Å². The first-order chi connectivity index (χ1) is 6.95. The largest absolute Gasteiger partial charge is 0.0622 e. The Morgan fingerprint density at radius 2 is 0.867 bits per heavy atom. The first-order valence-corrected chi connectivity index (χ1v) is 6.55. The third-order valence-electron chi connectivity index (χ3n) is 1.72. The van der Waals surface area contributed by atoms with Crippen LogP contribution >= 0.6 is 21.6 Å². The van der Waals surface area contributed by atoms with Gasteiger partial charge in [-0.2, -0.15) is 0 Å². The van der Waals surface area contributed by atoms with Gasteiger partial charge in [0.2, 0.25) is 0 Å². The molecule has 0 heterocycles. The topological polar surface area (TPSA) is 0 Å². The van der Waals surface area contributed by atoms with Gasteiger partial charge in [-0.3, -0.25) is 0 Å². The standard InChI is InChI=1S/C12H10S2.Sn.2H/c1-3-7-11(8-4-1)13-14-12-9-5-2-6-10-12;;;/h1-10H;;;. The number of benzene rings is 2. The van der Waals surface area contributed by atoms with Crippen LogP contribution in [0.25, 0.3) is 0 Å².